The van der Waals surface area contributed by atoms with Gasteiger partial charge < -0.3 is 10.2 Å². The van der Waals surface area contributed by atoms with Crippen molar-refractivity contribution in [3.63, 3.8) is 0 Å². The van der Waals surface area contributed by atoms with E-state index in [0.717, 1.165) is 64.2 Å². The van der Waals surface area contributed by atoms with Gasteiger partial charge in [-0.15, -0.1) is 0 Å². The van der Waals surface area contributed by atoms with Gasteiger partial charge in [0.1, 0.15) is 0 Å². The highest BCUT2D eigenvalue weighted by Gasteiger charge is 2.29. The molecule has 0 rings (SSSR count). The summed E-state index contributed by atoms with van der Waals surface area (Å²) in [6.07, 6.45) is 10.2. The van der Waals surface area contributed by atoms with Gasteiger partial charge in [0.25, 0.3) is 0 Å². The fraction of sp³-hybridized carbons (Fsp3) is 0.909. The van der Waals surface area contributed by atoms with E-state index < -0.39 is 11.9 Å². The summed E-state index contributed by atoms with van der Waals surface area (Å²) in [5.74, 6) is -0.906. The van der Waals surface area contributed by atoms with E-state index in [-0.39, 0.29) is 23.7 Å². The lowest BCUT2D eigenvalue weighted by Crippen LogP contribution is -2.26. The van der Waals surface area contributed by atoms with E-state index in [4.69, 9.17) is 5.11 Å². The maximum Gasteiger partial charge on any atom is 0.306 e. The molecule has 4 heteroatoms. The van der Waals surface area contributed by atoms with Gasteiger partial charge in [-0.05, 0) is 42.9 Å². The number of unbranched alkanes of at least 4 members (excludes halogenated alkanes) is 1. The van der Waals surface area contributed by atoms with Gasteiger partial charge in [-0.25, -0.2) is 0 Å². The van der Waals surface area contributed by atoms with E-state index in [9.17, 15) is 14.7 Å². The molecule has 0 radical (unpaired) electrons. The lowest BCUT2D eigenvalue weighted by molar-refractivity contribution is -0.144. The average Bonchev–Trinajstić information content (AvgIpc) is 2.51. The molecule has 0 aromatic heterocycles. The van der Waals surface area contributed by atoms with E-state index >= 15 is 0 Å². The van der Waals surface area contributed by atoms with E-state index in [0.29, 0.717) is 5.92 Å². The first-order chi connectivity index (χ1) is 12.1. The van der Waals surface area contributed by atoms with E-state index in [1.807, 2.05) is 0 Å². The van der Waals surface area contributed by atoms with Crippen molar-refractivity contribution in [3.05, 3.63) is 0 Å². The Balaban J connectivity index is 4.47. The molecule has 0 aromatic rings. The highest BCUT2D eigenvalue weighted by Crippen LogP contribution is 2.36. The molecule has 0 aliphatic heterocycles. The molecule has 0 aliphatic carbocycles. The lowest BCUT2D eigenvalue weighted by Gasteiger charge is -2.31. The van der Waals surface area contributed by atoms with Crippen LogP contribution in [-0.4, -0.2) is 22.2 Å². The van der Waals surface area contributed by atoms with Crippen molar-refractivity contribution < 1.29 is 19.8 Å². The molecular formula is C22H42O4. The average molecular weight is 371 g/mol. The summed E-state index contributed by atoms with van der Waals surface area (Å²) in [5.41, 5.74) is 0.128. The van der Waals surface area contributed by atoms with Crippen LogP contribution in [0.4, 0.5) is 0 Å². The number of rotatable bonds is 16. The highest BCUT2D eigenvalue weighted by atomic mass is 16.4. The lowest BCUT2D eigenvalue weighted by atomic mass is 9.74. The number of carbonyl (C=O) groups is 2. The molecule has 0 aliphatic rings. The van der Waals surface area contributed by atoms with Crippen LogP contribution >= 0.6 is 0 Å². The van der Waals surface area contributed by atoms with Crippen LogP contribution in [0.3, 0.4) is 0 Å². The molecule has 0 saturated heterocycles. The Hall–Kier alpha value is -1.06. The Kier molecular flexibility index (Phi) is 12.6. The number of aliphatic carboxylic acids is 2. The van der Waals surface area contributed by atoms with Gasteiger partial charge in [0.15, 0.2) is 0 Å². The van der Waals surface area contributed by atoms with Crippen molar-refractivity contribution in [2.45, 2.75) is 105 Å². The van der Waals surface area contributed by atoms with Crippen molar-refractivity contribution in [1.29, 1.82) is 0 Å². The van der Waals surface area contributed by atoms with Gasteiger partial charge in [0.05, 0.1) is 5.92 Å². The smallest absolute Gasteiger partial charge is 0.306 e. The monoisotopic (exact) mass is 370 g/mol. The van der Waals surface area contributed by atoms with Crippen LogP contribution < -0.4 is 0 Å². The van der Waals surface area contributed by atoms with Crippen LogP contribution in [0.5, 0.6) is 0 Å². The number of hydrogen-bond donors (Lipinski definition) is 2. The van der Waals surface area contributed by atoms with E-state index in [1.54, 1.807) is 0 Å². The van der Waals surface area contributed by atoms with Gasteiger partial charge >= 0.3 is 11.9 Å². The van der Waals surface area contributed by atoms with Crippen molar-refractivity contribution in [2.24, 2.45) is 23.2 Å². The minimum atomic E-state index is -0.702. The third-order valence-electron chi connectivity index (χ3n) is 5.68. The molecule has 0 heterocycles. The molecule has 154 valence electrons. The third kappa shape index (κ3) is 11.5. The fourth-order valence-electron chi connectivity index (χ4n) is 4.23. The highest BCUT2D eigenvalue weighted by molar-refractivity contribution is 5.70. The van der Waals surface area contributed by atoms with Crippen LogP contribution in [0.1, 0.15) is 105 Å². The molecule has 3 unspecified atom stereocenters. The molecule has 0 spiro atoms. The van der Waals surface area contributed by atoms with Gasteiger partial charge in [0.2, 0.25) is 0 Å². The molecule has 0 saturated carbocycles. The minimum Gasteiger partial charge on any atom is -0.481 e. The molecule has 26 heavy (non-hydrogen) atoms. The SMILES string of the molecule is CCCCC(C(=O)O)C(C)CC(C)(C)CCCC(CCC)CCC(=O)O. The molecule has 2 N–H and O–H groups in total. The van der Waals surface area contributed by atoms with Gasteiger partial charge in [-0.2, -0.15) is 0 Å². The predicted octanol–water partition coefficient (Wildman–Crippen LogP) is 6.38. The zero-order chi connectivity index (χ0) is 20.2. The quantitative estimate of drug-likeness (QED) is 0.330. The Morgan fingerprint density at radius 1 is 0.923 bits per heavy atom. The van der Waals surface area contributed by atoms with Crippen molar-refractivity contribution in [2.75, 3.05) is 0 Å². The third-order valence-corrected chi connectivity index (χ3v) is 5.68. The van der Waals surface area contributed by atoms with Crippen molar-refractivity contribution >= 4 is 11.9 Å². The molecular weight excluding hydrogens is 328 g/mol. The summed E-state index contributed by atoms with van der Waals surface area (Å²) in [6.45, 7) is 10.8. The molecule has 4 nitrogen and oxygen atoms in total. The van der Waals surface area contributed by atoms with E-state index in [1.165, 1.54) is 0 Å². The first-order valence-electron chi connectivity index (χ1n) is 10.6. The number of carboxylic acids is 2. The van der Waals surface area contributed by atoms with Crippen LogP contribution in [0.25, 0.3) is 0 Å². The Morgan fingerprint density at radius 2 is 1.58 bits per heavy atom. The second kappa shape index (κ2) is 13.2. The largest absolute Gasteiger partial charge is 0.481 e. The summed E-state index contributed by atoms with van der Waals surface area (Å²) in [7, 11) is 0. The van der Waals surface area contributed by atoms with Crippen molar-refractivity contribution in [3.8, 4) is 0 Å². The zero-order valence-electron chi connectivity index (χ0n) is 17.7. The summed E-state index contributed by atoms with van der Waals surface area (Å²) in [6, 6.07) is 0. The predicted molar refractivity (Wildman–Crippen MR) is 107 cm³/mol. The Labute approximate surface area is 160 Å². The first kappa shape index (κ1) is 24.9. The normalized spacial score (nSPS) is 15.4. The molecule has 0 bridgehead atoms. The van der Waals surface area contributed by atoms with Gasteiger partial charge in [-0.3, -0.25) is 9.59 Å². The fourth-order valence-corrected chi connectivity index (χ4v) is 4.23. The number of carboxylic acid groups (broad SMARTS) is 2. The minimum absolute atomic E-state index is 0.128. The number of hydrogen-bond acceptors (Lipinski definition) is 2. The molecule has 0 fully saturated rings. The standard InChI is InChI=1S/C22H42O4/c1-6-8-12-19(21(25)26)17(3)16-22(4,5)15-9-11-18(10-7-2)13-14-20(23)24/h17-19H,6-16H2,1-5H3,(H,23,24)(H,25,26). The van der Waals surface area contributed by atoms with Crippen LogP contribution in [-0.2, 0) is 9.59 Å². The summed E-state index contributed by atoms with van der Waals surface area (Å²) < 4.78 is 0. The van der Waals surface area contributed by atoms with Gasteiger partial charge in [-0.1, -0.05) is 73.1 Å². The molecule has 0 amide bonds. The Bertz CT molecular complexity index is 403. The maximum absolute atomic E-state index is 11.6. The molecule has 3 atom stereocenters. The second-order valence-corrected chi connectivity index (χ2v) is 8.91. The summed E-state index contributed by atoms with van der Waals surface area (Å²) >= 11 is 0. The summed E-state index contributed by atoms with van der Waals surface area (Å²) in [4.78, 5) is 22.4. The second-order valence-electron chi connectivity index (χ2n) is 8.91. The van der Waals surface area contributed by atoms with Crippen LogP contribution in [0, 0.1) is 23.2 Å². The van der Waals surface area contributed by atoms with Crippen LogP contribution in [0.2, 0.25) is 0 Å². The van der Waals surface area contributed by atoms with E-state index in [2.05, 4.69) is 34.6 Å². The Morgan fingerprint density at radius 3 is 2.08 bits per heavy atom. The maximum atomic E-state index is 11.6. The molecule has 0 aromatic carbocycles. The van der Waals surface area contributed by atoms with Crippen LogP contribution in [0.15, 0.2) is 0 Å². The first-order valence-corrected chi connectivity index (χ1v) is 10.6. The zero-order valence-corrected chi connectivity index (χ0v) is 17.7. The summed E-state index contributed by atoms with van der Waals surface area (Å²) in [5, 5.41) is 18.4. The van der Waals surface area contributed by atoms with Crippen molar-refractivity contribution in [1.82, 2.24) is 0 Å². The van der Waals surface area contributed by atoms with Gasteiger partial charge in [0, 0.05) is 6.42 Å². The topological polar surface area (TPSA) is 74.6 Å².